The number of hydrogen-bond donors (Lipinski definition) is 1. The van der Waals surface area contributed by atoms with Gasteiger partial charge in [-0.15, -0.1) is 5.10 Å². The summed E-state index contributed by atoms with van der Waals surface area (Å²) in [6, 6.07) is 15.3. The van der Waals surface area contributed by atoms with Crippen LogP contribution < -0.4 is 14.8 Å². The van der Waals surface area contributed by atoms with Gasteiger partial charge in [0.15, 0.2) is 0 Å². The zero-order chi connectivity index (χ0) is 21.8. The summed E-state index contributed by atoms with van der Waals surface area (Å²) in [6.45, 7) is -0.263. The molecule has 0 bridgehead atoms. The molecule has 1 aliphatic rings. The number of carbonyl (C=O) groups is 1. The van der Waals surface area contributed by atoms with Crippen molar-refractivity contribution in [3.05, 3.63) is 76.6 Å². The van der Waals surface area contributed by atoms with Crippen LogP contribution in [0.5, 0.6) is 5.75 Å². The van der Waals surface area contributed by atoms with Crippen molar-refractivity contribution in [2.75, 3.05) is 10.8 Å². The first kappa shape index (κ1) is 20.7. The Hall–Kier alpha value is -3.60. The zero-order valence-electron chi connectivity index (χ0n) is 16.3. The van der Waals surface area contributed by atoms with Crippen molar-refractivity contribution in [1.29, 1.82) is 0 Å². The van der Waals surface area contributed by atoms with Crippen LogP contribution in [0.15, 0.2) is 63.8 Å². The third-order valence-electron chi connectivity index (χ3n) is 4.66. The average Bonchev–Trinajstić information content (AvgIpc) is 3.21. The molecule has 162 valence electrons. The first-order valence-corrected chi connectivity index (χ1v) is 10.9. The van der Waals surface area contributed by atoms with Gasteiger partial charge in [-0.1, -0.05) is 42.5 Å². The van der Waals surface area contributed by atoms with E-state index in [0.717, 1.165) is 4.31 Å². The summed E-state index contributed by atoms with van der Waals surface area (Å²) < 4.78 is 42.8. The van der Waals surface area contributed by atoms with Crippen LogP contribution in [-0.2, 0) is 27.8 Å². The number of rotatable bonds is 6. The number of ether oxygens (including phenoxy) is 2. The highest BCUT2D eigenvalue weighted by atomic mass is 32.2. The molecule has 4 rings (SSSR count). The molecule has 0 fully saturated rings. The Kier molecular flexibility index (Phi) is 5.76. The molecule has 2 aromatic carbocycles. The molecule has 0 radical (unpaired) electrons. The lowest BCUT2D eigenvalue weighted by molar-refractivity contribution is 0.164. The number of nitrogens with zero attached hydrogens (tertiary/aromatic N) is 2. The third-order valence-corrected chi connectivity index (χ3v) is 6.13. The van der Waals surface area contributed by atoms with Gasteiger partial charge in [0.05, 0.1) is 12.2 Å². The maximum atomic E-state index is 13.0. The first-order chi connectivity index (χ1) is 14.9. The maximum absolute atomic E-state index is 13.0. The number of sulfonamides is 1. The Morgan fingerprint density at radius 1 is 1.16 bits per heavy atom. The minimum absolute atomic E-state index is 0.103. The molecular formula is C20H19N3O7S. The number of anilines is 1. The molecule has 31 heavy (non-hydrogen) atoms. The number of fused-ring (bicyclic) bond motifs is 1. The van der Waals surface area contributed by atoms with Crippen LogP contribution in [-0.4, -0.2) is 36.6 Å². The summed E-state index contributed by atoms with van der Waals surface area (Å²) >= 11 is 0. The van der Waals surface area contributed by atoms with Gasteiger partial charge in [0.2, 0.25) is 5.89 Å². The van der Waals surface area contributed by atoms with Crippen LogP contribution in [0.3, 0.4) is 0 Å². The Labute approximate surface area is 177 Å². The van der Waals surface area contributed by atoms with Gasteiger partial charge in [0.1, 0.15) is 18.5 Å². The smallest absolute Gasteiger partial charge is 0.445 e. The van der Waals surface area contributed by atoms with Gasteiger partial charge >= 0.3 is 21.1 Å². The van der Waals surface area contributed by atoms with E-state index in [2.05, 4.69) is 10.2 Å². The largest absolute Gasteiger partial charge is 0.486 e. The molecule has 0 unspecified atom stereocenters. The Morgan fingerprint density at radius 3 is 2.65 bits per heavy atom. The quantitative estimate of drug-likeness (QED) is 0.571. The van der Waals surface area contributed by atoms with E-state index in [0.29, 0.717) is 17.7 Å². The van der Waals surface area contributed by atoms with Crippen LogP contribution in [0.4, 0.5) is 10.5 Å². The van der Waals surface area contributed by atoms with Crippen molar-refractivity contribution in [2.24, 2.45) is 0 Å². The van der Waals surface area contributed by atoms with Crippen LogP contribution in [0.25, 0.3) is 0 Å². The van der Waals surface area contributed by atoms with Crippen LogP contribution in [0, 0.1) is 0 Å². The van der Waals surface area contributed by atoms with Crippen molar-refractivity contribution in [1.82, 2.24) is 10.2 Å². The monoisotopic (exact) mass is 445 g/mol. The van der Waals surface area contributed by atoms with E-state index in [4.69, 9.17) is 13.9 Å². The Balaban J connectivity index is 1.51. The molecule has 10 nitrogen and oxygen atoms in total. The predicted octanol–water partition coefficient (Wildman–Crippen LogP) is 2.23. The summed E-state index contributed by atoms with van der Waals surface area (Å²) in [5.74, 6) is -0.166. The van der Waals surface area contributed by atoms with E-state index in [1.54, 1.807) is 54.6 Å². The van der Waals surface area contributed by atoms with Gasteiger partial charge in [-0.2, -0.15) is 8.42 Å². The summed E-state index contributed by atoms with van der Waals surface area (Å²) in [5, 5.41) is 4.55. The lowest BCUT2D eigenvalue weighted by atomic mass is 10.1. The van der Waals surface area contributed by atoms with Gasteiger partial charge in [0, 0.05) is 6.42 Å². The molecule has 0 saturated carbocycles. The van der Waals surface area contributed by atoms with Crippen molar-refractivity contribution < 1.29 is 27.1 Å². The van der Waals surface area contributed by atoms with Crippen molar-refractivity contribution >= 4 is 21.0 Å². The SMILES string of the molecule is O=C(OCc1ccccc1)S(=O)(=O)N1C[C@H](CCc2n[nH]c(=O)o2)Oc2ccccc21. The summed E-state index contributed by atoms with van der Waals surface area (Å²) in [5.41, 5.74) is 0.925. The fraction of sp³-hybridized carbons (Fsp3) is 0.250. The number of aromatic amines is 1. The maximum Gasteiger partial charge on any atom is 0.445 e. The lowest BCUT2D eigenvalue weighted by Gasteiger charge is -2.34. The number of aryl methyl sites for hydroxylation is 1. The van der Waals surface area contributed by atoms with Gasteiger partial charge < -0.3 is 13.9 Å². The molecule has 0 saturated heterocycles. The highest BCUT2D eigenvalue weighted by Crippen LogP contribution is 2.36. The number of hydrogen-bond acceptors (Lipinski definition) is 8. The zero-order valence-corrected chi connectivity index (χ0v) is 17.1. The van der Waals surface area contributed by atoms with Gasteiger partial charge in [-0.3, -0.25) is 4.31 Å². The lowest BCUT2D eigenvalue weighted by Crippen LogP contribution is -2.46. The second kappa shape index (κ2) is 8.64. The van der Waals surface area contributed by atoms with E-state index in [-0.39, 0.29) is 31.2 Å². The van der Waals surface area contributed by atoms with Crippen LogP contribution in [0.2, 0.25) is 0 Å². The van der Waals surface area contributed by atoms with E-state index in [1.807, 2.05) is 0 Å². The van der Waals surface area contributed by atoms with E-state index in [9.17, 15) is 18.0 Å². The number of carbonyl (C=O) groups excluding carboxylic acids is 1. The van der Waals surface area contributed by atoms with Crippen molar-refractivity contribution in [3.63, 3.8) is 0 Å². The minimum atomic E-state index is -4.46. The predicted molar refractivity (Wildman–Crippen MR) is 109 cm³/mol. The standard InChI is InChI=1S/C20H19N3O7S/c24-19-22-21-18(30-19)11-10-15-12-23(16-8-4-5-9-17(16)29-15)31(26,27)20(25)28-13-14-6-2-1-3-7-14/h1-9,15H,10-13H2,(H,22,24)/t15-/m0/s1. The Morgan fingerprint density at radius 2 is 1.90 bits per heavy atom. The summed E-state index contributed by atoms with van der Waals surface area (Å²) in [4.78, 5) is 23.6. The number of aromatic nitrogens is 2. The fourth-order valence-electron chi connectivity index (χ4n) is 3.17. The fourth-order valence-corrected chi connectivity index (χ4v) is 4.33. The van der Waals surface area contributed by atoms with Crippen molar-refractivity contribution in [2.45, 2.75) is 25.6 Å². The first-order valence-electron chi connectivity index (χ1n) is 9.47. The molecule has 1 aliphatic heterocycles. The molecule has 0 amide bonds. The average molecular weight is 445 g/mol. The molecule has 0 spiro atoms. The number of nitrogens with one attached hydrogen (secondary N) is 1. The topological polar surface area (TPSA) is 132 Å². The molecule has 2 heterocycles. The highest BCUT2D eigenvalue weighted by molar-refractivity contribution is 8.06. The van der Waals surface area contributed by atoms with Gasteiger partial charge in [-0.25, -0.2) is 14.7 Å². The number of para-hydroxylation sites is 2. The van der Waals surface area contributed by atoms with Crippen LogP contribution >= 0.6 is 0 Å². The normalized spacial score (nSPS) is 15.7. The highest BCUT2D eigenvalue weighted by Gasteiger charge is 2.39. The summed E-state index contributed by atoms with van der Waals surface area (Å²) in [7, 11) is -4.46. The van der Waals surface area contributed by atoms with Crippen molar-refractivity contribution in [3.8, 4) is 5.75 Å². The number of H-pyrrole nitrogens is 1. The van der Waals surface area contributed by atoms with E-state index < -0.39 is 27.2 Å². The second-order valence-corrected chi connectivity index (χ2v) is 8.54. The molecule has 0 aliphatic carbocycles. The third kappa shape index (κ3) is 4.61. The molecule has 1 atom stereocenters. The van der Waals surface area contributed by atoms with Gasteiger partial charge in [0.25, 0.3) is 0 Å². The number of benzene rings is 2. The van der Waals surface area contributed by atoms with Crippen LogP contribution in [0.1, 0.15) is 17.9 Å². The molecule has 1 aromatic heterocycles. The minimum Gasteiger partial charge on any atom is -0.486 e. The molecular weight excluding hydrogens is 426 g/mol. The molecule has 1 N–H and O–H groups in total. The Bertz CT molecular complexity index is 1220. The van der Waals surface area contributed by atoms with Gasteiger partial charge in [-0.05, 0) is 24.1 Å². The summed E-state index contributed by atoms with van der Waals surface area (Å²) in [6.07, 6.45) is -0.0286. The second-order valence-electron chi connectivity index (χ2n) is 6.81. The molecule has 3 aromatic rings. The molecule has 11 heteroatoms. The van der Waals surface area contributed by atoms with E-state index >= 15 is 0 Å². The van der Waals surface area contributed by atoms with E-state index in [1.165, 1.54) is 0 Å².